The fourth-order valence-corrected chi connectivity index (χ4v) is 5.52. The summed E-state index contributed by atoms with van der Waals surface area (Å²) in [5.41, 5.74) is 0.949. The molecular formula is C42H28. The SMILES string of the molecule is [2H]c1c([2H])c([2H])c(-c2cccc(-c3ccc(-c4c5c([2H])c([2H])c([2H])c([2H])c5c(-c5c([2H])c([2H])c([2H])c([2H])c5[2H])c5c([2H])c([2H])c([2H])c([2H])c45)c4ccccc34)c2)c([2H])c1[2H]. The van der Waals surface area contributed by atoms with E-state index in [-0.39, 0.29) is 55.9 Å². The van der Waals surface area contributed by atoms with Gasteiger partial charge < -0.3 is 0 Å². The van der Waals surface area contributed by atoms with E-state index in [1.54, 1.807) is 60.7 Å². The van der Waals surface area contributed by atoms with Crippen LogP contribution in [0.25, 0.3) is 76.8 Å². The molecule has 0 amide bonds. The van der Waals surface area contributed by atoms with Crippen LogP contribution in [0.4, 0.5) is 0 Å². The minimum absolute atomic E-state index is 0.00388. The molecule has 8 aromatic carbocycles. The molecule has 0 heterocycles. The highest BCUT2D eigenvalue weighted by Crippen LogP contribution is 2.46. The standard InChI is InChI=1S/C42H28/c1-3-14-29(15-4-1)31-18-13-19-32(28-31)33-26-27-40(35-21-8-7-20-34(33)35)42-38-24-11-9-22-36(38)41(30-16-5-2-6-17-30)37-23-10-12-25-39(37)42/h1-28H/i1D,2D,3D,4D,5D,6D,9D,10D,11D,12D,14D,15D,16D,17D,22D,23D,24D,25D. The molecule has 0 aliphatic rings. The molecule has 8 aromatic rings. The van der Waals surface area contributed by atoms with Gasteiger partial charge in [-0.05, 0) is 82.9 Å². The maximum atomic E-state index is 9.31. The fraction of sp³-hybridized carbons (Fsp3) is 0. The first kappa shape index (κ1) is 12.2. The molecule has 0 bridgehead atoms. The Bertz CT molecular complexity index is 3110. The predicted molar refractivity (Wildman–Crippen MR) is 181 cm³/mol. The van der Waals surface area contributed by atoms with Gasteiger partial charge in [0.15, 0.2) is 0 Å². The van der Waals surface area contributed by atoms with Crippen molar-refractivity contribution >= 4 is 32.3 Å². The lowest BCUT2D eigenvalue weighted by Gasteiger charge is -2.19. The third kappa shape index (κ3) is 4.00. The van der Waals surface area contributed by atoms with Gasteiger partial charge in [0.25, 0.3) is 0 Å². The summed E-state index contributed by atoms with van der Waals surface area (Å²) in [6.07, 6.45) is 0. The summed E-state index contributed by atoms with van der Waals surface area (Å²) in [5, 5.41) is 0.00742. The number of hydrogen-bond acceptors (Lipinski definition) is 0. The van der Waals surface area contributed by atoms with Gasteiger partial charge >= 0.3 is 0 Å². The first-order chi connectivity index (χ1) is 28.3. The topological polar surface area (TPSA) is 0 Å². The molecule has 0 radical (unpaired) electrons. The summed E-state index contributed by atoms with van der Waals surface area (Å²) in [4.78, 5) is 0. The summed E-state index contributed by atoms with van der Waals surface area (Å²) < 4.78 is 157. The first-order valence-corrected chi connectivity index (χ1v) is 13.1. The Morgan fingerprint density at radius 1 is 0.310 bits per heavy atom. The minimum Gasteiger partial charge on any atom is -0.0622 e. The van der Waals surface area contributed by atoms with Gasteiger partial charge in [-0.2, -0.15) is 0 Å². The highest BCUT2D eigenvalue weighted by Gasteiger charge is 2.18. The van der Waals surface area contributed by atoms with Gasteiger partial charge in [-0.15, -0.1) is 0 Å². The maximum Gasteiger partial charge on any atom is 0.0629 e. The number of fused-ring (bicyclic) bond motifs is 3. The van der Waals surface area contributed by atoms with Gasteiger partial charge in [0.05, 0.1) is 24.7 Å². The molecule has 8 rings (SSSR count). The van der Waals surface area contributed by atoms with Crippen molar-refractivity contribution in [3.8, 4) is 44.5 Å². The largest absolute Gasteiger partial charge is 0.0629 e. The normalized spacial score (nSPS) is 17.3. The maximum absolute atomic E-state index is 9.31. The minimum atomic E-state index is -0.754. The molecule has 0 aliphatic carbocycles. The molecule has 42 heavy (non-hydrogen) atoms. The highest BCUT2D eigenvalue weighted by molar-refractivity contribution is 6.24. The molecule has 196 valence electrons. The molecule has 0 heteroatoms. The van der Waals surface area contributed by atoms with Crippen molar-refractivity contribution in [3.05, 3.63) is 169 Å². The third-order valence-corrected chi connectivity index (χ3v) is 7.28. The smallest absolute Gasteiger partial charge is 0.0622 e. The molecular weight excluding hydrogens is 504 g/mol. The number of hydrogen-bond donors (Lipinski definition) is 0. The molecule has 0 fully saturated rings. The van der Waals surface area contributed by atoms with Gasteiger partial charge in [-0.3, -0.25) is 0 Å². The predicted octanol–water partition coefficient (Wildman–Crippen LogP) is 11.8. The second-order valence-electron chi connectivity index (χ2n) is 9.54. The van der Waals surface area contributed by atoms with E-state index in [0.717, 1.165) is 0 Å². The van der Waals surface area contributed by atoms with Crippen molar-refractivity contribution in [2.24, 2.45) is 0 Å². The van der Waals surface area contributed by atoms with Crippen molar-refractivity contribution in [3.63, 3.8) is 0 Å². The molecule has 0 saturated carbocycles. The van der Waals surface area contributed by atoms with E-state index in [9.17, 15) is 5.48 Å². The van der Waals surface area contributed by atoms with Crippen LogP contribution in [-0.2, 0) is 0 Å². The van der Waals surface area contributed by atoms with E-state index in [1.807, 2.05) is 0 Å². The fourth-order valence-electron chi connectivity index (χ4n) is 5.52. The zero-order valence-corrected chi connectivity index (χ0v) is 21.8. The summed E-state index contributed by atoms with van der Waals surface area (Å²) in [6.45, 7) is 0. The van der Waals surface area contributed by atoms with Gasteiger partial charge in [0.1, 0.15) is 0 Å². The monoisotopic (exact) mass is 550 g/mol. The lowest BCUT2D eigenvalue weighted by Crippen LogP contribution is -1.92. The molecule has 0 atom stereocenters. The van der Waals surface area contributed by atoms with Gasteiger partial charge in [-0.25, -0.2) is 0 Å². The van der Waals surface area contributed by atoms with Crippen LogP contribution in [0.3, 0.4) is 0 Å². The Morgan fingerprint density at radius 2 is 0.786 bits per heavy atom. The third-order valence-electron chi connectivity index (χ3n) is 7.28. The van der Waals surface area contributed by atoms with E-state index in [1.165, 1.54) is 0 Å². The number of benzene rings is 8. The van der Waals surface area contributed by atoms with Crippen LogP contribution < -0.4 is 0 Å². The van der Waals surface area contributed by atoms with E-state index in [0.29, 0.717) is 27.5 Å². The lowest BCUT2D eigenvalue weighted by molar-refractivity contribution is 1.60. The molecule has 0 spiro atoms. The van der Waals surface area contributed by atoms with E-state index < -0.39 is 102 Å². The lowest BCUT2D eigenvalue weighted by atomic mass is 9.83. The second kappa shape index (κ2) is 10.2. The van der Waals surface area contributed by atoms with Crippen LogP contribution in [0.5, 0.6) is 0 Å². The van der Waals surface area contributed by atoms with Crippen LogP contribution in [-0.4, -0.2) is 0 Å². The van der Waals surface area contributed by atoms with Crippen molar-refractivity contribution in [1.82, 2.24) is 0 Å². The molecule has 0 aromatic heterocycles. The summed E-state index contributed by atoms with van der Waals surface area (Å²) in [7, 11) is 0. The van der Waals surface area contributed by atoms with Crippen molar-refractivity contribution in [1.29, 1.82) is 0 Å². The van der Waals surface area contributed by atoms with E-state index in [4.69, 9.17) is 19.2 Å². The van der Waals surface area contributed by atoms with Gasteiger partial charge in [-0.1, -0.05) is 163 Å². The Kier molecular flexibility index (Phi) is 2.95. The van der Waals surface area contributed by atoms with Crippen LogP contribution in [0.2, 0.25) is 0 Å². The van der Waals surface area contributed by atoms with Crippen LogP contribution >= 0.6 is 0 Å². The quantitative estimate of drug-likeness (QED) is 0.191. The van der Waals surface area contributed by atoms with Gasteiger partial charge in [0.2, 0.25) is 0 Å². The van der Waals surface area contributed by atoms with Crippen LogP contribution in [0, 0.1) is 0 Å². The Morgan fingerprint density at radius 3 is 1.40 bits per heavy atom. The van der Waals surface area contributed by atoms with Crippen molar-refractivity contribution in [2.75, 3.05) is 0 Å². The van der Waals surface area contributed by atoms with Crippen LogP contribution in [0.1, 0.15) is 24.7 Å². The Labute approximate surface area is 271 Å². The molecule has 0 unspecified atom stereocenters. The summed E-state index contributed by atoms with van der Waals surface area (Å²) in [6, 6.07) is 5.83. The average Bonchev–Trinajstić information content (AvgIpc) is 3.25. The van der Waals surface area contributed by atoms with Crippen molar-refractivity contribution < 1.29 is 24.7 Å². The highest BCUT2D eigenvalue weighted by atomic mass is 14.2. The Hall–Kier alpha value is -5.46. The zero-order chi connectivity index (χ0) is 43.5. The molecule has 0 N–H and O–H groups in total. The molecule has 0 saturated heterocycles. The van der Waals surface area contributed by atoms with Crippen LogP contribution in [0.15, 0.2) is 169 Å². The average molecular weight is 551 g/mol. The summed E-state index contributed by atoms with van der Waals surface area (Å²) >= 11 is 0. The Balaban J connectivity index is 1.56. The molecule has 0 aliphatic heterocycles. The van der Waals surface area contributed by atoms with E-state index in [2.05, 4.69) is 0 Å². The first-order valence-electron chi connectivity index (χ1n) is 22.1. The van der Waals surface area contributed by atoms with Crippen molar-refractivity contribution in [2.45, 2.75) is 0 Å². The zero-order valence-electron chi connectivity index (χ0n) is 39.8. The van der Waals surface area contributed by atoms with Gasteiger partial charge in [0, 0.05) is 0 Å². The molecule has 0 nitrogen and oxygen atoms in total. The summed E-state index contributed by atoms with van der Waals surface area (Å²) in [5.74, 6) is 0. The van der Waals surface area contributed by atoms with E-state index >= 15 is 0 Å². The second-order valence-corrected chi connectivity index (χ2v) is 9.54. The number of rotatable bonds is 4.